The number of aromatic nitrogens is 1. The number of halogens is 1. The van der Waals surface area contributed by atoms with Gasteiger partial charge in [-0.3, -0.25) is 16.3 Å². The van der Waals surface area contributed by atoms with Gasteiger partial charge in [0.05, 0.1) is 16.8 Å². The van der Waals surface area contributed by atoms with E-state index < -0.39 is 0 Å². The van der Waals surface area contributed by atoms with Gasteiger partial charge < -0.3 is 0 Å². The van der Waals surface area contributed by atoms with E-state index >= 15 is 0 Å². The van der Waals surface area contributed by atoms with Crippen molar-refractivity contribution in [3.05, 3.63) is 29.0 Å². The van der Waals surface area contributed by atoms with Crippen LogP contribution in [0.2, 0.25) is 5.02 Å². The second-order valence-electron chi connectivity index (χ2n) is 5.22. The molecule has 3 atom stereocenters. The van der Waals surface area contributed by atoms with Crippen molar-refractivity contribution < 1.29 is 0 Å². The Balaban J connectivity index is 2.15. The molecule has 0 bridgehead atoms. The molecule has 1 aliphatic carbocycles. The van der Waals surface area contributed by atoms with Crippen LogP contribution in [0.5, 0.6) is 0 Å². The molecule has 0 aliphatic heterocycles. The number of nitrogens with two attached hydrogens (primary N) is 1. The molecule has 1 heterocycles. The molecule has 0 saturated heterocycles. The topological polar surface area (TPSA) is 50.9 Å². The summed E-state index contributed by atoms with van der Waals surface area (Å²) < 4.78 is 0. The van der Waals surface area contributed by atoms with Crippen molar-refractivity contribution >= 4 is 11.6 Å². The van der Waals surface area contributed by atoms with Gasteiger partial charge in [0.1, 0.15) is 0 Å². The largest absolute Gasteiger partial charge is 0.271 e. The van der Waals surface area contributed by atoms with Gasteiger partial charge in [-0.05, 0) is 36.8 Å². The molecule has 1 aromatic rings. The van der Waals surface area contributed by atoms with E-state index in [-0.39, 0.29) is 6.04 Å². The monoisotopic (exact) mass is 267 g/mol. The van der Waals surface area contributed by atoms with E-state index in [9.17, 15) is 0 Å². The zero-order valence-electron chi connectivity index (χ0n) is 10.9. The highest BCUT2D eigenvalue weighted by molar-refractivity contribution is 6.31. The number of hydrogen-bond acceptors (Lipinski definition) is 3. The van der Waals surface area contributed by atoms with Crippen LogP contribution in [0.1, 0.15) is 50.8 Å². The number of nitrogens with zero attached hydrogens (tertiary/aromatic N) is 1. The number of rotatable bonds is 4. The summed E-state index contributed by atoms with van der Waals surface area (Å²) in [6.07, 6.45) is 8.10. The molecule has 18 heavy (non-hydrogen) atoms. The van der Waals surface area contributed by atoms with Crippen molar-refractivity contribution in [2.45, 2.75) is 45.1 Å². The molecule has 1 aliphatic rings. The molecule has 100 valence electrons. The first-order valence-electron chi connectivity index (χ1n) is 6.82. The van der Waals surface area contributed by atoms with Gasteiger partial charge in [-0.25, -0.2) is 0 Å². The molecule has 3 N–H and O–H groups in total. The standard InChI is InChI=1S/C14H22ClN3/c1-2-10-5-3-6-11(9-10)13(18-16)14-12(15)7-4-8-17-14/h4,7-8,10-11,13,18H,2-3,5-6,9,16H2,1H3. The highest BCUT2D eigenvalue weighted by atomic mass is 35.5. The highest BCUT2D eigenvalue weighted by Gasteiger charge is 2.29. The smallest absolute Gasteiger partial charge is 0.0775 e. The lowest BCUT2D eigenvalue weighted by molar-refractivity contribution is 0.207. The van der Waals surface area contributed by atoms with E-state index in [0.717, 1.165) is 11.6 Å². The van der Waals surface area contributed by atoms with Gasteiger partial charge in [0.25, 0.3) is 0 Å². The molecule has 2 rings (SSSR count). The first-order valence-corrected chi connectivity index (χ1v) is 7.20. The fourth-order valence-electron chi connectivity index (χ4n) is 3.07. The molecular weight excluding hydrogens is 246 g/mol. The quantitative estimate of drug-likeness (QED) is 0.649. The lowest BCUT2D eigenvalue weighted by atomic mass is 9.76. The van der Waals surface area contributed by atoms with Crippen LogP contribution in [0.3, 0.4) is 0 Å². The van der Waals surface area contributed by atoms with Crippen LogP contribution in [0.15, 0.2) is 18.3 Å². The third-order valence-electron chi connectivity index (χ3n) is 4.13. The number of hydrogen-bond donors (Lipinski definition) is 2. The summed E-state index contributed by atoms with van der Waals surface area (Å²) in [6.45, 7) is 2.27. The Morgan fingerprint density at radius 1 is 1.56 bits per heavy atom. The lowest BCUT2D eigenvalue weighted by Crippen LogP contribution is -2.36. The minimum absolute atomic E-state index is 0.0769. The number of pyridine rings is 1. The van der Waals surface area contributed by atoms with E-state index in [1.807, 2.05) is 12.1 Å². The van der Waals surface area contributed by atoms with Crippen LogP contribution in [0, 0.1) is 11.8 Å². The number of hydrazine groups is 1. The van der Waals surface area contributed by atoms with Crippen LogP contribution in [0.25, 0.3) is 0 Å². The zero-order valence-corrected chi connectivity index (χ0v) is 11.7. The van der Waals surface area contributed by atoms with Crippen LogP contribution in [0.4, 0.5) is 0 Å². The Morgan fingerprint density at radius 3 is 3.06 bits per heavy atom. The van der Waals surface area contributed by atoms with Crippen LogP contribution in [-0.4, -0.2) is 4.98 Å². The van der Waals surface area contributed by atoms with Gasteiger partial charge in [-0.1, -0.05) is 37.8 Å². The first-order chi connectivity index (χ1) is 8.76. The van der Waals surface area contributed by atoms with Crippen molar-refractivity contribution in [1.29, 1.82) is 0 Å². The van der Waals surface area contributed by atoms with Crippen molar-refractivity contribution in [2.24, 2.45) is 17.7 Å². The molecule has 3 unspecified atom stereocenters. The average Bonchev–Trinajstić information content (AvgIpc) is 2.42. The van der Waals surface area contributed by atoms with Crippen molar-refractivity contribution in [1.82, 2.24) is 10.4 Å². The van der Waals surface area contributed by atoms with Crippen LogP contribution in [-0.2, 0) is 0 Å². The normalized spacial score (nSPS) is 25.9. The zero-order chi connectivity index (χ0) is 13.0. The molecule has 1 aromatic heterocycles. The molecule has 1 saturated carbocycles. The van der Waals surface area contributed by atoms with E-state index in [1.165, 1.54) is 32.1 Å². The fourth-order valence-corrected chi connectivity index (χ4v) is 3.31. The summed E-state index contributed by atoms with van der Waals surface area (Å²) >= 11 is 6.23. The Kier molecular flexibility index (Phi) is 4.98. The highest BCUT2D eigenvalue weighted by Crippen LogP contribution is 2.38. The maximum absolute atomic E-state index is 6.23. The average molecular weight is 268 g/mol. The Morgan fingerprint density at radius 2 is 2.39 bits per heavy atom. The Bertz CT molecular complexity index is 383. The molecule has 0 amide bonds. The summed E-state index contributed by atoms with van der Waals surface area (Å²) in [6, 6.07) is 3.82. The molecular formula is C14H22ClN3. The third kappa shape index (κ3) is 3.02. The van der Waals surface area contributed by atoms with Crippen LogP contribution < -0.4 is 11.3 Å². The predicted molar refractivity (Wildman–Crippen MR) is 75.1 cm³/mol. The second-order valence-corrected chi connectivity index (χ2v) is 5.62. The number of nitrogens with one attached hydrogen (secondary N) is 1. The summed E-state index contributed by atoms with van der Waals surface area (Å²) in [4.78, 5) is 4.40. The van der Waals surface area contributed by atoms with Gasteiger partial charge in [-0.15, -0.1) is 0 Å². The Labute approximate surface area is 114 Å². The van der Waals surface area contributed by atoms with Gasteiger partial charge >= 0.3 is 0 Å². The van der Waals surface area contributed by atoms with Gasteiger partial charge in [0.2, 0.25) is 0 Å². The third-order valence-corrected chi connectivity index (χ3v) is 4.45. The first kappa shape index (κ1) is 13.8. The summed E-state index contributed by atoms with van der Waals surface area (Å²) in [5, 5.41) is 0.707. The fraction of sp³-hybridized carbons (Fsp3) is 0.643. The summed E-state index contributed by atoms with van der Waals surface area (Å²) in [5.74, 6) is 7.11. The molecule has 1 fully saturated rings. The minimum atomic E-state index is 0.0769. The minimum Gasteiger partial charge on any atom is -0.271 e. The predicted octanol–water partition coefficient (Wildman–Crippen LogP) is 3.46. The maximum Gasteiger partial charge on any atom is 0.0775 e. The van der Waals surface area contributed by atoms with Gasteiger partial charge in [-0.2, -0.15) is 0 Å². The summed E-state index contributed by atoms with van der Waals surface area (Å²) in [7, 11) is 0. The lowest BCUT2D eigenvalue weighted by Gasteiger charge is -2.33. The van der Waals surface area contributed by atoms with E-state index in [0.29, 0.717) is 10.9 Å². The van der Waals surface area contributed by atoms with Gasteiger partial charge in [0.15, 0.2) is 0 Å². The molecule has 3 nitrogen and oxygen atoms in total. The molecule has 0 spiro atoms. The summed E-state index contributed by atoms with van der Waals surface area (Å²) in [5.41, 5.74) is 3.82. The maximum atomic E-state index is 6.23. The van der Waals surface area contributed by atoms with Crippen molar-refractivity contribution in [2.75, 3.05) is 0 Å². The SMILES string of the molecule is CCC1CCCC(C(NN)c2ncccc2Cl)C1. The van der Waals surface area contributed by atoms with Crippen LogP contribution >= 0.6 is 11.6 Å². The van der Waals surface area contributed by atoms with Crippen molar-refractivity contribution in [3.8, 4) is 0 Å². The van der Waals surface area contributed by atoms with E-state index in [4.69, 9.17) is 17.4 Å². The van der Waals surface area contributed by atoms with Crippen molar-refractivity contribution in [3.63, 3.8) is 0 Å². The molecule has 0 radical (unpaired) electrons. The Hall–Kier alpha value is -0.640. The van der Waals surface area contributed by atoms with E-state index in [2.05, 4.69) is 17.3 Å². The molecule has 0 aromatic carbocycles. The molecule has 4 heteroatoms. The van der Waals surface area contributed by atoms with Gasteiger partial charge in [0, 0.05) is 6.20 Å². The van der Waals surface area contributed by atoms with E-state index in [1.54, 1.807) is 6.20 Å². The second kappa shape index (κ2) is 6.50.